The highest BCUT2D eigenvalue weighted by atomic mass is 32.1. The van der Waals surface area contributed by atoms with Gasteiger partial charge in [-0.3, -0.25) is 25.8 Å². The maximum atomic E-state index is 12.2. The van der Waals surface area contributed by atoms with Gasteiger partial charge in [-0.15, -0.1) is 0 Å². The summed E-state index contributed by atoms with van der Waals surface area (Å²) in [5.41, 5.74) is 5.84. The summed E-state index contributed by atoms with van der Waals surface area (Å²) in [6.07, 6.45) is 1.01. The molecule has 6 nitrogen and oxygen atoms in total. The average Bonchev–Trinajstić information content (AvgIpc) is 2.67. The van der Waals surface area contributed by atoms with E-state index >= 15 is 0 Å². The standard InChI is InChI=1S/C19H21N3O3S/c1-3-13(2)25-16-11-9-15(10-12-16)17(23)20-19(26)22-21-18(24)14-7-5-4-6-8-14/h4-13H,3H2,1-2H3,(H,21,24)(H2,20,22,23,26). The number of benzene rings is 2. The molecule has 0 heterocycles. The van der Waals surface area contributed by atoms with Gasteiger partial charge in [-0.25, -0.2) is 0 Å². The van der Waals surface area contributed by atoms with Crippen LogP contribution in [0.25, 0.3) is 0 Å². The molecule has 2 rings (SSSR count). The third kappa shape index (κ3) is 5.86. The maximum Gasteiger partial charge on any atom is 0.269 e. The third-order valence-corrected chi connectivity index (χ3v) is 3.79. The van der Waals surface area contributed by atoms with E-state index in [4.69, 9.17) is 17.0 Å². The quantitative estimate of drug-likeness (QED) is 0.556. The van der Waals surface area contributed by atoms with Crippen molar-refractivity contribution in [1.82, 2.24) is 16.2 Å². The number of rotatable bonds is 5. The number of hydrazine groups is 1. The van der Waals surface area contributed by atoms with Crippen LogP contribution in [0.5, 0.6) is 5.75 Å². The van der Waals surface area contributed by atoms with Gasteiger partial charge in [0.2, 0.25) is 0 Å². The lowest BCUT2D eigenvalue weighted by molar-refractivity contribution is 0.0934. The summed E-state index contributed by atoms with van der Waals surface area (Å²) >= 11 is 5.01. The lowest BCUT2D eigenvalue weighted by Gasteiger charge is -2.13. The van der Waals surface area contributed by atoms with Gasteiger partial charge in [-0.1, -0.05) is 25.1 Å². The second-order valence-corrected chi connectivity index (χ2v) is 6.00. The summed E-state index contributed by atoms with van der Waals surface area (Å²) in [5, 5.41) is 2.50. The normalized spacial score (nSPS) is 11.2. The molecule has 0 saturated heterocycles. The highest BCUT2D eigenvalue weighted by molar-refractivity contribution is 7.80. The van der Waals surface area contributed by atoms with Crippen molar-refractivity contribution in [3.8, 4) is 5.75 Å². The minimum absolute atomic E-state index is 0.000729. The van der Waals surface area contributed by atoms with Crippen molar-refractivity contribution < 1.29 is 14.3 Å². The Balaban J connectivity index is 1.83. The van der Waals surface area contributed by atoms with Gasteiger partial charge in [0, 0.05) is 11.1 Å². The molecule has 0 fully saturated rings. The first-order valence-electron chi connectivity index (χ1n) is 8.23. The molecule has 0 bridgehead atoms. The largest absolute Gasteiger partial charge is 0.491 e. The van der Waals surface area contributed by atoms with Crippen molar-refractivity contribution >= 4 is 29.1 Å². The third-order valence-electron chi connectivity index (χ3n) is 3.58. The highest BCUT2D eigenvalue weighted by Gasteiger charge is 2.10. The van der Waals surface area contributed by atoms with Gasteiger partial charge in [-0.05, 0) is 62.0 Å². The minimum Gasteiger partial charge on any atom is -0.491 e. The van der Waals surface area contributed by atoms with E-state index in [1.807, 2.05) is 19.9 Å². The molecule has 0 radical (unpaired) electrons. The predicted molar refractivity (Wildman–Crippen MR) is 104 cm³/mol. The number of nitrogens with one attached hydrogen (secondary N) is 3. The molecule has 2 aromatic carbocycles. The van der Waals surface area contributed by atoms with Crippen LogP contribution in [0.15, 0.2) is 54.6 Å². The molecule has 0 saturated carbocycles. The second-order valence-electron chi connectivity index (χ2n) is 5.59. The highest BCUT2D eigenvalue weighted by Crippen LogP contribution is 2.14. The maximum absolute atomic E-state index is 12.2. The first kappa shape index (κ1) is 19.4. The van der Waals surface area contributed by atoms with Crippen LogP contribution >= 0.6 is 12.2 Å². The smallest absolute Gasteiger partial charge is 0.269 e. The number of thiocarbonyl (C=S) groups is 1. The lowest BCUT2D eigenvalue weighted by Crippen LogP contribution is -2.48. The van der Waals surface area contributed by atoms with Gasteiger partial charge in [0.25, 0.3) is 11.8 Å². The van der Waals surface area contributed by atoms with Gasteiger partial charge in [0.1, 0.15) is 5.75 Å². The van der Waals surface area contributed by atoms with E-state index in [9.17, 15) is 9.59 Å². The van der Waals surface area contributed by atoms with Crippen LogP contribution in [-0.4, -0.2) is 23.0 Å². The Kier molecular flexibility index (Phi) is 7.11. The van der Waals surface area contributed by atoms with Gasteiger partial charge in [-0.2, -0.15) is 0 Å². The van der Waals surface area contributed by atoms with Crippen LogP contribution in [0.2, 0.25) is 0 Å². The van der Waals surface area contributed by atoms with Gasteiger partial charge in [0.05, 0.1) is 6.10 Å². The zero-order valence-corrected chi connectivity index (χ0v) is 15.4. The average molecular weight is 371 g/mol. The summed E-state index contributed by atoms with van der Waals surface area (Å²) < 4.78 is 5.67. The summed E-state index contributed by atoms with van der Waals surface area (Å²) in [7, 11) is 0. The van der Waals surface area contributed by atoms with E-state index in [1.165, 1.54) is 0 Å². The van der Waals surface area contributed by atoms with Crippen molar-refractivity contribution in [1.29, 1.82) is 0 Å². The van der Waals surface area contributed by atoms with Crippen molar-refractivity contribution in [2.45, 2.75) is 26.4 Å². The summed E-state index contributed by atoms with van der Waals surface area (Å²) in [4.78, 5) is 24.1. The number of ether oxygens (including phenoxy) is 1. The van der Waals surface area contributed by atoms with E-state index < -0.39 is 0 Å². The predicted octanol–water partition coefficient (Wildman–Crippen LogP) is 2.81. The zero-order chi connectivity index (χ0) is 18.9. The van der Waals surface area contributed by atoms with Crippen molar-refractivity contribution in [2.75, 3.05) is 0 Å². The fraction of sp³-hybridized carbons (Fsp3) is 0.211. The first-order valence-corrected chi connectivity index (χ1v) is 8.64. The molecule has 0 aliphatic carbocycles. The number of carbonyl (C=O) groups is 2. The molecule has 0 aromatic heterocycles. The Bertz CT molecular complexity index is 763. The van der Waals surface area contributed by atoms with Crippen LogP contribution < -0.4 is 20.9 Å². The van der Waals surface area contributed by atoms with E-state index in [0.29, 0.717) is 16.9 Å². The van der Waals surface area contributed by atoms with E-state index in [1.54, 1.807) is 48.5 Å². The first-order chi connectivity index (χ1) is 12.5. The Morgan fingerprint density at radius 3 is 2.19 bits per heavy atom. The molecule has 1 unspecified atom stereocenters. The Hall–Kier alpha value is -2.93. The number of carbonyl (C=O) groups excluding carboxylic acids is 2. The fourth-order valence-corrected chi connectivity index (χ4v) is 2.13. The molecule has 136 valence electrons. The molecule has 7 heteroatoms. The van der Waals surface area contributed by atoms with E-state index in [-0.39, 0.29) is 23.0 Å². The van der Waals surface area contributed by atoms with Gasteiger partial charge in [0.15, 0.2) is 5.11 Å². The second kappa shape index (κ2) is 9.53. The molecular formula is C19H21N3O3S. The van der Waals surface area contributed by atoms with Gasteiger partial charge < -0.3 is 4.74 Å². The molecule has 2 amide bonds. The van der Waals surface area contributed by atoms with Crippen LogP contribution in [0.4, 0.5) is 0 Å². The Morgan fingerprint density at radius 2 is 1.58 bits per heavy atom. The molecule has 2 aromatic rings. The van der Waals surface area contributed by atoms with Crippen molar-refractivity contribution in [3.05, 3.63) is 65.7 Å². The molecule has 0 aliphatic heterocycles. The molecular weight excluding hydrogens is 350 g/mol. The topological polar surface area (TPSA) is 79.5 Å². The van der Waals surface area contributed by atoms with Crippen LogP contribution in [0, 0.1) is 0 Å². The Morgan fingerprint density at radius 1 is 0.962 bits per heavy atom. The fourth-order valence-electron chi connectivity index (χ4n) is 1.98. The number of hydrogen-bond donors (Lipinski definition) is 3. The minimum atomic E-state index is -0.383. The summed E-state index contributed by atoms with van der Waals surface area (Å²) in [5.74, 6) is -0.0352. The van der Waals surface area contributed by atoms with Crippen LogP contribution in [0.3, 0.4) is 0 Å². The Labute approximate surface area is 157 Å². The van der Waals surface area contributed by atoms with E-state index in [2.05, 4.69) is 16.2 Å². The van der Waals surface area contributed by atoms with E-state index in [0.717, 1.165) is 6.42 Å². The summed E-state index contributed by atoms with van der Waals surface area (Å²) in [6, 6.07) is 15.4. The SMILES string of the molecule is CCC(C)Oc1ccc(C(=O)NC(=S)NNC(=O)c2ccccc2)cc1. The monoisotopic (exact) mass is 371 g/mol. The number of amides is 2. The molecule has 0 aliphatic rings. The lowest BCUT2D eigenvalue weighted by atomic mass is 10.2. The van der Waals surface area contributed by atoms with Crippen molar-refractivity contribution in [2.24, 2.45) is 0 Å². The molecule has 26 heavy (non-hydrogen) atoms. The summed E-state index contributed by atoms with van der Waals surface area (Å²) in [6.45, 7) is 4.02. The molecule has 1 atom stereocenters. The van der Waals surface area contributed by atoms with Crippen LogP contribution in [0.1, 0.15) is 41.0 Å². The van der Waals surface area contributed by atoms with Crippen molar-refractivity contribution in [3.63, 3.8) is 0 Å². The zero-order valence-electron chi connectivity index (χ0n) is 14.6. The van der Waals surface area contributed by atoms with Gasteiger partial charge >= 0.3 is 0 Å². The molecule has 3 N–H and O–H groups in total. The van der Waals surface area contributed by atoms with Crippen LogP contribution in [-0.2, 0) is 0 Å². The number of hydrogen-bond acceptors (Lipinski definition) is 4. The molecule has 0 spiro atoms.